The predicted molar refractivity (Wildman–Crippen MR) is 87.0 cm³/mol. The molecule has 1 aliphatic heterocycles. The van der Waals surface area contributed by atoms with Crippen LogP contribution >= 0.6 is 0 Å². The number of ether oxygens (including phenoxy) is 1. The van der Waals surface area contributed by atoms with Crippen molar-refractivity contribution < 1.29 is 19.3 Å². The Labute approximate surface area is 141 Å². The summed E-state index contributed by atoms with van der Waals surface area (Å²) >= 11 is 0. The maximum Gasteiger partial charge on any atom is 0.261 e. The van der Waals surface area contributed by atoms with Gasteiger partial charge in [-0.2, -0.15) is 4.98 Å². The summed E-state index contributed by atoms with van der Waals surface area (Å²) in [6, 6.07) is 1.48. The average molecular weight is 351 g/mol. The Morgan fingerprint density at radius 2 is 2.36 bits per heavy atom. The fourth-order valence-corrected chi connectivity index (χ4v) is 3.00. The van der Waals surface area contributed by atoms with Gasteiger partial charge in [-0.1, -0.05) is 11.8 Å². The number of hydrogen-bond donors (Lipinski definition) is 5. The summed E-state index contributed by atoms with van der Waals surface area (Å²) in [5, 5.41) is 20.6. The lowest BCUT2D eigenvalue weighted by Gasteiger charge is -2.28. The Hall–Kier alpha value is -2.45. The molecule has 0 amide bonds. The summed E-state index contributed by atoms with van der Waals surface area (Å²) in [5.41, 5.74) is 9.80. The molecule has 9 nitrogen and oxygen atoms in total. The van der Waals surface area contributed by atoms with E-state index in [1.54, 1.807) is 0 Å². The monoisotopic (exact) mass is 351 g/mol. The second-order valence-electron chi connectivity index (χ2n) is 5.92. The summed E-state index contributed by atoms with van der Waals surface area (Å²) in [7, 11) is 0. The molecular weight excluding hydrogens is 333 g/mol. The number of anilines is 1. The first-order valence-electron chi connectivity index (χ1n) is 7.52. The van der Waals surface area contributed by atoms with Crippen LogP contribution in [-0.2, 0) is 4.74 Å². The Kier molecular flexibility index (Phi) is 4.26. The second kappa shape index (κ2) is 6.12. The summed E-state index contributed by atoms with van der Waals surface area (Å²) in [5.74, 6) is 4.56. The van der Waals surface area contributed by atoms with Crippen molar-refractivity contribution in [3.8, 4) is 11.8 Å². The van der Waals surface area contributed by atoms with Crippen LogP contribution in [0.1, 0.15) is 13.2 Å². The van der Waals surface area contributed by atoms with E-state index in [0.29, 0.717) is 0 Å². The number of aliphatic hydroxyl groups excluding tert-OH is 2. The summed E-state index contributed by atoms with van der Waals surface area (Å²) in [6.07, 6.45) is -3.15. The lowest BCUT2D eigenvalue weighted by molar-refractivity contribution is -0.0755. The van der Waals surface area contributed by atoms with E-state index in [9.17, 15) is 19.4 Å². The lowest BCUT2D eigenvalue weighted by atomic mass is 9.90. The number of alkyl halides is 1. The van der Waals surface area contributed by atoms with Crippen molar-refractivity contribution in [2.75, 3.05) is 12.4 Å². The first kappa shape index (κ1) is 17.4. The van der Waals surface area contributed by atoms with Crippen molar-refractivity contribution in [3.63, 3.8) is 0 Å². The molecule has 0 saturated carbocycles. The first-order valence-corrected chi connectivity index (χ1v) is 7.52. The average Bonchev–Trinajstić information content (AvgIpc) is 3.06. The molecule has 2 aromatic heterocycles. The molecule has 0 spiro atoms. The first-order chi connectivity index (χ1) is 11.8. The van der Waals surface area contributed by atoms with Gasteiger partial charge in [-0.25, -0.2) is 4.39 Å². The maximum absolute atomic E-state index is 12.5. The third kappa shape index (κ3) is 2.67. The molecule has 0 aromatic carbocycles. The molecule has 0 radical (unpaired) electrons. The highest BCUT2D eigenvalue weighted by Crippen LogP contribution is 2.39. The van der Waals surface area contributed by atoms with Crippen molar-refractivity contribution in [2.45, 2.75) is 37.0 Å². The van der Waals surface area contributed by atoms with Crippen LogP contribution in [0, 0.1) is 11.8 Å². The van der Waals surface area contributed by atoms with Gasteiger partial charge in [0.1, 0.15) is 18.9 Å². The summed E-state index contributed by atoms with van der Waals surface area (Å²) in [6.45, 7) is 0.461. The van der Waals surface area contributed by atoms with Crippen molar-refractivity contribution in [1.29, 1.82) is 0 Å². The number of fused-ring (bicyclic) bond motifs is 1. The Bertz CT molecular complexity index is 914. The fourth-order valence-electron chi connectivity index (χ4n) is 3.00. The van der Waals surface area contributed by atoms with Gasteiger partial charge in [0.25, 0.3) is 5.56 Å². The van der Waals surface area contributed by atoms with Crippen LogP contribution in [0.3, 0.4) is 0 Å². The minimum atomic E-state index is -1.72. The molecular formula is C15H18FN5O4. The van der Waals surface area contributed by atoms with Gasteiger partial charge in [0.05, 0.1) is 11.5 Å². The van der Waals surface area contributed by atoms with Gasteiger partial charge in [0.15, 0.2) is 17.4 Å². The van der Waals surface area contributed by atoms with E-state index in [2.05, 4.69) is 21.8 Å². The topological polar surface area (TPSA) is 152 Å². The lowest BCUT2D eigenvalue weighted by Crippen LogP contribution is -2.54. The Balaban J connectivity index is 2.18. The zero-order chi connectivity index (χ0) is 18.4. The number of aromatic amines is 1. The SMILES string of the molecule is C[C@@H](O)[C@H]1O[C@@H](n2ccc3c(=O)[nH]c(N)nc32)[C@@](N)(C#CCF)C1O. The number of hydrogen-bond acceptors (Lipinski definition) is 7. The van der Waals surface area contributed by atoms with E-state index in [-0.39, 0.29) is 17.0 Å². The van der Waals surface area contributed by atoms with E-state index in [1.807, 2.05) is 0 Å². The van der Waals surface area contributed by atoms with Crippen LogP contribution in [-0.4, -0.2) is 55.3 Å². The number of H-pyrrole nitrogens is 1. The summed E-state index contributed by atoms with van der Waals surface area (Å²) < 4.78 is 19.6. The number of nitrogen functional groups attached to an aromatic ring is 1. The van der Waals surface area contributed by atoms with Crippen LogP contribution in [0.4, 0.5) is 10.3 Å². The maximum atomic E-state index is 12.5. The molecule has 1 saturated heterocycles. The zero-order valence-electron chi connectivity index (χ0n) is 13.3. The molecule has 0 bridgehead atoms. The van der Waals surface area contributed by atoms with Gasteiger partial charge in [-0.05, 0) is 13.0 Å². The molecule has 1 fully saturated rings. The van der Waals surface area contributed by atoms with Crippen molar-refractivity contribution in [3.05, 3.63) is 22.6 Å². The molecule has 10 heteroatoms. The van der Waals surface area contributed by atoms with Crippen molar-refractivity contribution >= 4 is 17.0 Å². The number of aliphatic hydroxyl groups is 2. The van der Waals surface area contributed by atoms with Crippen molar-refractivity contribution in [2.24, 2.45) is 5.73 Å². The molecule has 2 aromatic rings. The van der Waals surface area contributed by atoms with Crippen LogP contribution in [0.5, 0.6) is 0 Å². The van der Waals surface area contributed by atoms with E-state index in [1.165, 1.54) is 23.8 Å². The zero-order valence-corrected chi connectivity index (χ0v) is 13.3. The molecule has 7 N–H and O–H groups in total. The van der Waals surface area contributed by atoms with E-state index >= 15 is 0 Å². The van der Waals surface area contributed by atoms with Gasteiger partial charge < -0.3 is 31.0 Å². The van der Waals surface area contributed by atoms with Gasteiger partial charge in [-0.3, -0.25) is 9.78 Å². The Morgan fingerprint density at radius 1 is 1.64 bits per heavy atom. The van der Waals surface area contributed by atoms with Crippen molar-refractivity contribution in [1.82, 2.24) is 14.5 Å². The van der Waals surface area contributed by atoms with Crippen LogP contribution < -0.4 is 17.0 Å². The molecule has 3 heterocycles. The molecule has 134 valence electrons. The normalized spacial score (nSPS) is 30.2. The van der Waals surface area contributed by atoms with Gasteiger partial charge >= 0.3 is 0 Å². The highest BCUT2D eigenvalue weighted by atomic mass is 19.1. The molecule has 1 aliphatic rings. The van der Waals surface area contributed by atoms with Crippen LogP contribution in [0.15, 0.2) is 17.1 Å². The number of nitrogens with one attached hydrogen (secondary N) is 1. The van der Waals surface area contributed by atoms with Crippen LogP contribution in [0.25, 0.3) is 11.0 Å². The van der Waals surface area contributed by atoms with E-state index < -0.39 is 42.3 Å². The highest BCUT2D eigenvalue weighted by Gasteiger charge is 2.55. The number of halogens is 1. The number of nitrogens with two attached hydrogens (primary N) is 2. The number of aromatic nitrogens is 3. The van der Waals surface area contributed by atoms with E-state index in [0.717, 1.165) is 0 Å². The predicted octanol–water partition coefficient (Wildman–Crippen LogP) is -1.38. The quantitative estimate of drug-likeness (QED) is 0.418. The molecule has 0 aliphatic carbocycles. The molecule has 5 atom stereocenters. The summed E-state index contributed by atoms with van der Waals surface area (Å²) in [4.78, 5) is 18.4. The van der Waals surface area contributed by atoms with Gasteiger partial charge in [0, 0.05) is 6.20 Å². The molecule has 3 rings (SSSR count). The van der Waals surface area contributed by atoms with Gasteiger partial charge in [-0.15, -0.1) is 0 Å². The Morgan fingerprint density at radius 3 is 3.00 bits per heavy atom. The van der Waals surface area contributed by atoms with Gasteiger partial charge in [0.2, 0.25) is 5.95 Å². The number of rotatable bonds is 2. The minimum absolute atomic E-state index is 0.111. The van der Waals surface area contributed by atoms with E-state index in [4.69, 9.17) is 16.2 Å². The number of nitrogens with zero attached hydrogens (tertiary/aromatic N) is 2. The fraction of sp³-hybridized carbons (Fsp3) is 0.467. The minimum Gasteiger partial charge on any atom is -0.391 e. The van der Waals surface area contributed by atoms with Crippen LogP contribution in [0.2, 0.25) is 0 Å². The smallest absolute Gasteiger partial charge is 0.261 e. The second-order valence-corrected chi connectivity index (χ2v) is 5.92. The molecule has 25 heavy (non-hydrogen) atoms. The highest BCUT2D eigenvalue weighted by molar-refractivity contribution is 5.76. The standard InChI is InChI=1S/C15H18FN5O4/c1-7(22)9-10(23)15(18,4-2-5-16)13(25-9)21-6-3-8-11(21)19-14(17)20-12(8)24/h3,6-7,9-10,13,22-23H,5,18H2,1H3,(H3,17,19,20,24)/t7-,9-,10?,13-,15-/m1/s1. The third-order valence-electron chi connectivity index (χ3n) is 4.19. The largest absolute Gasteiger partial charge is 0.391 e. The molecule has 1 unspecified atom stereocenters. The third-order valence-corrected chi connectivity index (χ3v) is 4.19.